The van der Waals surface area contributed by atoms with Crippen molar-refractivity contribution in [2.75, 3.05) is 0 Å². The number of hydrogen-bond donors (Lipinski definition) is 1. The number of ketones is 1. The van der Waals surface area contributed by atoms with Crippen LogP contribution in [0.25, 0.3) is 22.2 Å². The van der Waals surface area contributed by atoms with Crippen molar-refractivity contribution in [1.29, 1.82) is 0 Å². The van der Waals surface area contributed by atoms with Crippen LogP contribution < -0.4 is 0 Å². The summed E-state index contributed by atoms with van der Waals surface area (Å²) in [6.45, 7) is 0.493. The molecule has 0 saturated heterocycles. The lowest BCUT2D eigenvalue weighted by Crippen LogP contribution is -2.08. The van der Waals surface area contributed by atoms with Gasteiger partial charge in [0.15, 0.2) is 11.6 Å². The molecule has 0 aliphatic heterocycles. The molecule has 0 aliphatic carbocycles. The molecule has 6 heteroatoms. The standard InChI is InChI=1S/C18H15N5O/c24-16(18-20-9-10-21-18)7-11-23-15-6-8-19-12-14(15)17(22-23)13-4-2-1-3-5-13/h1-6,8-10,12H,7,11H2,(H,20,21). The summed E-state index contributed by atoms with van der Waals surface area (Å²) >= 11 is 0. The molecular weight excluding hydrogens is 302 g/mol. The highest BCUT2D eigenvalue weighted by atomic mass is 16.1. The van der Waals surface area contributed by atoms with E-state index in [2.05, 4.69) is 15.0 Å². The monoisotopic (exact) mass is 317 g/mol. The van der Waals surface area contributed by atoms with Crippen molar-refractivity contribution in [3.05, 3.63) is 67.0 Å². The van der Waals surface area contributed by atoms with Crippen molar-refractivity contribution in [2.24, 2.45) is 0 Å². The predicted molar refractivity (Wildman–Crippen MR) is 90.5 cm³/mol. The zero-order chi connectivity index (χ0) is 16.4. The first-order chi connectivity index (χ1) is 11.8. The zero-order valence-electron chi connectivity index (χ0n) is 12.9. The average Bonchev–Trinajstić information content (AvgIpc) is 3.29. The molecule has 24 heavy (non-hydrogen) atoms. The number of imidazole rings is 1. The third-order valence-electron chi connectivity index (χ3n) is 3.91. The molecule has 3 aromatic heterocycles. The van der Waals surface area contributed by atoms with E-state index in [1.165, 1.54) is 0 Å². The van der Waals surface area contributed by atoms with Crippen LogP contribution >= 0.6 is 0 Å². The van der Waals surface area contributed by atoms with Gasteiger partial charge in [-0.1, -0.05) is 30.3 Å². The van der Waals surface area contributed by atoms with Gasteiger partial charge in [0.25, 0.3) is 0 Å². The number of fused-ring (bicyclic) bond motifs is 1. The highest BCUT2D eigenvalue weighted by molar-refractivity contribution is 5.94. The summed E-state index contributed by atoms with van der Waals surface area (Å²) < 4.78 is 1.86. The van der Waals surface area contributed by atoms with Gasteiger partial charge in [-0.05, 0) is 6.07 Å². The lowest BCUT2D eigenvalue weighted by atomic mass is 10.1. The molecule has 1 aromatic carbocycles. The van der Waals surface area contributed by atoms with Crippen molar-refractivity contribution in [2.45, 2.75) is 13.0 Å². The third kappa shape index (κ3) is 2.58. The number of hydrogen-bond acceptors (Lipinski definition) is 4. The first kappa shape index (κ1) is 14.3. The lowest BCUT2D eigenvalue weighted by molar-refractivity contribution is 0.0967. The number of aromatic nitrogens is 5. The minimum Gasteiger partial charge on any atom is -0.342 e. The second kappa shape index (κ2) is 6.08. The number of benzene rings is 1. The Morgan fingerprint density at radius 2 is 2.00 bits per heavy atom. The van der Waals surface area contributed by atoms with Crippen LogP contribution in [0.1, 0.15) is 17.0 Å². The highest BCUT2D eigenvalue weighted by Gasteiger charge is 2.14. The minimum absolute atomic E-state index is 0.0287. The normalized spacial score (nSPS) is 11.0. The Bertz CT molecular complexity index is 973. The van der Waals surface area contributed by atoms with E-state index < -0.39 is 0 Å². The van der Waals surface area contributed by atoms with Crippen molar-refractivity contribution >= 4 is 16.7 Å². The van der Waals surface area contributed by atoms with Gasteiger partial charge in [0, 0.05) is 48.7 Å². The molecule has 0 spiro atoms. The molecule has 0 radical (unpaired) electrons. The van der Waals surface area contributed by atoms with Crippen molar-refractivity contribution in [1.82, 2.24) is 24.7 Å². The number of nitrogens with one attached hydrogen (secondary N) is 1. The van der Waals surface area contributed by atoms with Gasteiger partial charge in [-0.25, -0.2) is 4.98 Å². The molecule has 0 atom stereocenters. The van der Waals surface area contributed by atoms with Gasteiger partial charge in [-0.3, -0.25) is 14.5 Å². The maximum Gasteiger partial charge on any atom is 0.199 e. The van der Waals surface area contributed by atoms with Gasteiger partial charge >= 0.3 is 0 Å². The van der Waals surface area contributed by atoms with Crippen LogP contribution in [0.3, 0.4) is 0 Å². The second-order valence-electron chi connectivity index (χ2n) is 5.44. The largest absolute Gasteiger partial charge is 0.342 e. The molecule has 0 aliphatic rings. The average molecular weight is 317 g/mol. The molecule has 4 aromatic rings. The molecule has 118 valence electrons. The Morgan fingerprint density at radius 1 is 1.12 bits per heavy atom. The van der Waals surface area contributed by atoms with E-state index in [0.29, 0.717) is 18.8 Å². The van der Waals surface area contributed by atoms with E-state index in [1.807, 2.05) is 47.3 Å². The number of aromatic amines is 1. The summed E-state index contributed by atoms with van der Waals surface area (Å²) in [5.74, 6) is 0.357. The van der Waals surface area contributed by atoms with Gasteiger partial charge in [0.05, 0.1) is 5.52 Å². The summed E-state index contributed by atoms with van der Waals surface area (Å²) in [6.07, 6.45) is 7.12. The molecule has 0 bridgehead atoms. The fourth-order valence-electron chi connectivity index (χ4n) is 2.75. The molecule has 0 amide bonds. The van der Waals surface area contributed by atoms with Gasteiger partial charge < -0.3 is 4.98 Å². The third-order valence-corrected chi connectivity index (χ3v) is 3.91. The maximum atomic E-state index is 12.1. The highest BCUT2D eigenvalue weighted by Crippen LogP contribution is 2.27. The van der Waals surface area contributed by atoms with Gasteiger partial charge in [-0.15, -0.1) is 0 Å². The Kier molecular flexibility index (Phi) is 3.63. The number of rotatable bonds is 5. The van der Waals surface area contributed by atoms with Crippen molar-refractivity contribution in [3.8, 4) is 11.3 Å². The first-order valence-electron chi connectivity index (χ1n) is 7.71. The van der Waals surface area contributed by atoms with Crippen molar-refractivity contribution in [3.63, 3.8) is 0 Å². The van der Waals surface area contributed by atoms with E-state index in [1.54, 1.807) is 18.6 Å². The lowest BCUT2D eigenvalue weighted by Gasteiger charge is -2.01. The predicted octanol–water partition coefficient (Wildman–Crippen LogP) is 3.09. The van der Waals surface area contributed by atoms with Gasteiger partial charge in [-0.2, -0.15) is 5.10 Å². The summed E-state index contributed by atoms with van der Waals surface area (Å²) in [6, 6.07) is 11.9. The fraction of sp³-hybridized carbons (Fsp3) is 0.111. The van der Waals surface area contributed by atoms with E-state index in [9.17, 15) is 4.79 Å². The summed E-state index contributed by atoms with van der Waals surface area (Å²) in [5, 5.41) is 5.69. The molecule has 0 unspecified atom stereocenters. The zero-order valence-corrected chi connectivity index (χ0v) is 12.9. The van der Waals surface area contributed by atoms with Crippen LogP contribution in [0.15, 0.2) is 61.2 Å². The molecule has 6 nitrogen and oxygen atoms in total. The van der Waals surface area contributed by atoms with Crippen LogP contribution in [-0.2, 0) is 6.54 Å². The Labute approximate surface area is 138 Å². The van der Waals surface area contributed by atoms with Crippen molar-refractivity contribution < 1.29 is 4.79 Å². The number of H-pyrrole nitrogens is 1. The SMILES string of the molecule is O=C(CCn1nc(-c2ccccc2)c2cnccc21)c1ncc[nH]1. The minimum atomic E-state index is -0.0287. The molecule has 1 N–H and O–H groups in total. The number of carbonyl (C=O) groups excluding carboxylic acids is 1. The number of carbonyl (C=O) groups is 1. The summed E-state index contributed by atoms with van der Waals surface area (Å²) in [7, 11) is 0. The number of Topliss-reactive ketones (excluding diaryl/α,β-unsaturated/α-hetero) is 1. The second-order valence-corrected chi connectivity index (χ2v) is 5.44. The van der Waals surface area contributed by atoms with Crippen LogP contribution in [0.5, 0.6) is 0 Å². The first-order valence-corrected chi connectivity index (χ1v) is 7.71. The molecule has 3 heterocycles. The quantitative estimate of drug-likeness (QED) is 0.574. The Morgan fingerprint density at radius 3 is 2.79 bits per heavy atom. The fourth-order valence-corrected chi connectivity index (χ4v) is 2.75. The van der Waals surface area contributed by atoms with Gasteiger partial charge in [0.2, 0.25) is 0 Å². The molecule has 4 rings (SSSR count). The Hall–Kier alpha value is -3.28. The van der Waals surface area contributed by atoms with E-state index in [4.69, 9.17) is 5.10 Å². The van der Waals surface area contributed by atoms with Crippen LogP contribution in [-0.4, -0.2) is 30.5 Å². The number of nitrogens with zero attached hydrogens (tertiary/aromatic N) is 4. The van der Waals surface area contributed by atoms with E-state index >= 15 is 0 Å². The number of pyridine rings is 1. The smallest absolute Gasteiger partial charge is 0.199 e. The molecule has 0 saturated carbocycles. The van der Waals surface area contributed by atoms with Crippen LogP contribution in [0.4, 0.5) is 0 Å². The summed E-state index contributed by atoms with van der Waals surface area (Å²) in [5.41, 5.74) is 2.88. The Balaban J connectivity index is 1.67. The summed E-state index contributed by atoms with van der Waals surface area (Å²) in [4.78, 5) is 23.2. The van der Waals surface area contributed by atoms with E-state index in [0.717, 1.165) is 22.2 Å². The van der Waals surface area contributed by atoms with E-state index in [-0.39, 0.29) is 5.78 Å². The molecule has 0 fully saturated rings. The van der Waals surface area contributed by atoms with Crippen LogP contribution in [0.2, 0.25) is 0 Å². The topological polar surface area (TPSA) is 76.5 Å². The van der Waals surface area contributed by atoms with Gasteiger partial charge in [0.1, 0.15) is 5.69 Å². The number of aryl methyl sites for hydroxylation is 1. The molecular formula is C18H15N5O. The maximum absolute atomic E-state index is 12.1. The van der Waals surface area contributed by atoms with Crippen LogP contribution in [0, 0.1) is 0 Å².